The number of allylic oxidation sites excluding steroid dienone is 1. The molecular weight excluding hydrogens is 404 g/mol. The van der Waals surface area contributed by atoms with Crippen molar-refractivity contribution in [1.29, 1.82) is 0 Å². The molecule has 2 aromatic carbocycles. The van der Waals surface area contributed by atoms with Crippen LogP contribution < -0.4 is 14.2 Å². The van der Waals surface area contributed by atoms with Gasteiger partial charge in [-0.3, -0.25) is 0 Å². The van der Waals surface area contributed by atoms with Gasteiger partial charge in [0, 0.05) is 11.6 Å². The van der Waals surface area contributed by atoms with E-state index in [0.29, 0.717) is 35.0 Å². The summed E-state index contributed by atoms with van der Waals surface area (Å²) in [5.74, 6) is 0.520. The van der Waals surface area contributed by atoms with Gasteiger partial charge in [0.05, 0.1) is 0 Å². The highest BCUT2D eigenvalue weighted by atomic mass is 16.5. The summed E-state index contributed by atoms with van der Waals surface area (Å²) in [7, 11) is 0. The first-order chi connectivity index (χ1) is 15.4. The molecule has 0 bridgehead atoms. The van der Waals surface area contributed by atoms with Gasteiger partial charge in [0.25, 0.3) is 0 Å². The summed E-state index contributed by atoms with van der Waals surface area (Å²) in [6.07, 6.45) is 3.05. The van der Waals surface area contributed by atoms with Gasteiger partial charge < -0.3 is 14.2 Å². The van der Waals surface area contributed by atoms with Crippen LogP contribution in [0, 0.1) is 0 Å². The fourth-order valence-corrected chi connectivity index (χ4v) is 2.14. The predicted octanol–water partition coefficient (Wildman–Crippen LogP) is 6.79. The maximum Gasteiger partial charge on any atom is 0.338 e. The highest BCUT2D eigenvalue weighted by molar-refractivity contribution is 5.92. The molecule has 0 aliphatic heterocycles. The highest BCUT2D eigenvalue weighted by Crippen LogP contribution is 2.21. The maximum absolute atomic E-state index is 12.1. The van der Waals surface area contributed by atoms with E-state index in [2.05, 4.69) is 13.2 Å². The first-order valence-electron chi connectivity index (χ1n) is 10.6. The van der Waals surface area contributed by atoms with Crippen LogP contribution in [0.3, 0.4) is 0 Å². The zero-order chi connectivity index (χ0) is 24.5. The number of hydrogen-bond donors (Lipinski definition) is 0. The molecule has 0 spiro atoms. The lowest BCUT2D eigenvalue weighted by molar-refractivity contribution is -0.130. The van der Waals surface area contributed by atoms with Crippen molar-refractivity contribution in [2.24, 2.45) is 0 Å². The van der Waals surface area contributed by atoms with Crippen LogP contribution in [-0.2, 0) is 9.59 Å². The summed E-state index contributed by atoms with van der Waals surface area (Å²) < 4.78 is 15.8. The van der Waals surface area contributed by atoms with Gasteiger partial charge in [-0.2, -0.15) is 0 Å². The van der Waals surface area contributed by atoms with Crippen LogP contribution >= 0.6 is 0 Å². The van der Waals surface area contributed by atoms with Crippen molar-refractivity contribution in [2.75, 3.05) is 6.61 Å². The summed E-state index contributed by atoms with van der Waals surface area (Å²) in [6, 6.07) is 13.6. The second kappa shape index (κ2) is 16.1. The van der Waals surface area contributed by atoms with Crippen LogP contribution in [0.1, 0.15) is 47.1 Å². The minimum Gasteiger partial charge on any atom is -0.490 e. The number of carbonyl (C=O) groups excluding carboxylic acids is 2. The Morgan fingerprint density at radius 2 is 1.28 bits per heavy atom. The standard InChI is InChI=1S/C23H22O5.2C2H6/c1-5-14-26-19-10-12-20(13-11-19)27-22(24)15-17(4)18-6-8-21(9-7-18)28-23(25)16(2)3;2*1-2/h5-13,15H,1-2,14H2,3-4H3;2*1-2H3/b17-15+;;. The summed E-state index contributed by atoms with van der Waals surface area (Å²) >= 11 is 0. The quantitative estimate of drug-likeness (QED) is 0.196. The van der Waals surface area contributed by atoms with Gasteiger partial charge in [0.2, 0.25) is 0 Å². The smallest absolute Gasteiger partial charge is 0.338 e. The molecule has 0 aromatic heterocycles. The Balaban J connectivity index is 0.00000227. The second-order valence-corrected chi connectivity index (χ2v) is 6.01. The average Bonchev–Trinajstić information content (AvgIpc) is 2.81. The highest BCUT2D eigenvalue weighted by Gasteiger charge is 2.07. The Labute approximate surface area is 192 Å². The van der Waals surface area contributed by atoms with E-state index in [1.165, 1.54) is 6.08 Å². The molecule has 0 amide bonds. The normalized spacial score (nSPS) is 9.75. The van der Waals surface area contributed by atoms with Gasteiger partial charge in [-0.1, -0.05) is 59.1 Å². The minimum atomic E-state index is -0.491. The molecule has 0 aliphatic carbocycles. The molecule has 0 heterocycles. The Kier molecular flexibility index (Phi) is 14.3. The SMILES string of the molecule is C=CCOc1ccc(OC(=O)/C=C(\C)c2ccc(OC(=O)C(=C)C)cc2)cc1.CC.CC. The number of hydrogen-bond acceptors (Lipinski definition) is 5. The lowest BCUT2D eigenvalue weighted by Crippen LogP contribution is -2.08. The molecule has 0 N–H and O–H groups in total. The second-order valence-electron chi connectivity index (χ2n) is 6.01. The zero-order valence-electron chi connectivity index (χ0n) is 19.9. The molecule has 0 fully saturated rings. The fourth-order valence-electron chi connectivity index (χ4n) is 2.14. The van der Waals surface area contributed by atoms with Gasteiger partial charge in [-0.15, -0.1) is 0 Å². The van der Waals surface area contributed by atoms with Crippen molar-refractivity contribution in [1.82, 2.24) is 0 Å². The maximum atomic E-state index is 12.1. The van der Waals surface area contributed by atoms with Crippen LogP contribution in [0.2, 0.25) is 0 Å². The van der Waals surface area contributed by atoms with Crippen molar-refractivity contribution in [3.05, 3.63) is 85.0 Å². The number of rotatable bonds is 8. The van der Waals surface area contributed by atoms with Gasteiger partial charge in [-0.05, 0) is 61.4 Å². The molecule has 0 radical (unpaired) electrons. The Morgan fingerprint density at radius 3 is 1.78 bits per heavy atom. The van der Waals surface area contributed by atoms with E-state index in [1.54, 1.807) is 68.5 Å². The van der Waals surface area contributed by atoms with Crippen LogP contribution in [0.15, 0.2) is 79.4 Å². The van der Waals surface area contributed by atoms with Crippen molar-refractivity contribution < 1.29 is 23.8 Å². The number of ether oxygens (including phenoxy) is 3. The third kappa shape index (κ3) is 10.4. The van der Waals surface area contributed by atoms with Gasteiger partial charge in [0.15, 0.2) is 0 Å². The van der Waals surface area contributed by atoms with E-state index < -0.39 is 11.9 Å². The largest absolute Gasteiger partial charge is 0.490 e. The first-order valence-corrected chi connectivity index (χ1v) is 10.6. The van der Waals surface area contributed by atoms with E-state index in [4.69, 9.17) is 14.2 Å². The van der Waals surface area contributed by atoms with Gasteiger partial charge in [-0.25, -0.2) is 9.59 Å². The van der Waals surface area contributed by atoms with Gasteiger partial charge >= 0.3 is 11.9 Å². The molecule has 0 saturated carbocycles. The third-order valence-electron chi connectivity index (χ3n) is 3.61. The minimum absolute atomic E-state index is 0.322. The molecule has 0 saturated heterocycles. The predicted molar refractivity (Wildman–Crippen MR) is 131 cm³/mol. The van der Waals surface area contributed by atoms with E-state index in [-0.39, 0.29) is 0 Å². The Hall–Kier alpha value is -3.60. The summed E-state index contributed by atoms with van der Waals surface area (Å²) in [4.78, 5) is 23.6. The summed E-state index contributed by atoms with van der Waals surface area (Å²) in [5.41, 5.74) is 1.84. The molecule has 0 atom stereocenters. The fraction of sp³-hybridized carbons (Fsp3) is 0.259. The first kappa shape index (κ1) is 28.4. The van der Waals surface area contributed by atoms with E-state index in [9.17, 15) is 9.59 Å². The number of benzene rings is 2. The van der Waals surface area contributed by atoms with E-state index >= 15 is 0 Å². The molecule has 2 rings (SSSR count). The molecule has 172 valence electrons. The Bertz CT molecular complexity index is 891. The lowest BCUT2D eigenvalue weighted by atomic mass is 10.1. The van der Waals surface area contributed by atoms with Crippen LogP contribution in [0.25, 0.3) is 5.57 Å². The third-order valence-corrected chi connectivity index (χ3v) is 3.61. The molecule has 2 aromatic rings. The summed E-state index contributed by atoms with van der Waals surface area (Å²) in [5, 5.41) is 0. The van der Waals surface area contributed by atoms with Crippen LogP contribution in [0.5, 0.6) is 17.2 Å². The Morgan fingerprint density at radius 1 is 0.812 bits per heavy atom. The molecule has 0 unspecified atom stereocenters. The number of esters is 2. The van der Waals surface area contributed by atoms with Gasteiger partial charge in [0.1, 0.15) is 23.9 Å². The molecule has 0 aliphatic rings. The number of carbonyl (C=O) groups is 2. The lowest BCUT2D eigenvalue weighted by Gasteiger charge is -2.07. The topological polar surface area (TPSA) is 61.8 Å². The summed E-state index contributed by atoms with van der Waals surface area (Å²) in [6.45, 7) is 18.9. The van der Waals surface area contributed by atoms with E-state index in [0.717, 1.165) is 5.56 Å². The molecule has 5 nitrogen and oxygen atoms in total. The van der Waals surface area contributed by atoms with Crippen LogP contribution in [-0.4, -0.2) is 18.5 Å². The molecule has 32 heavy (non-hydrogen) atoms. The van der Waals surface area contributed by atoms with Crippen molar-refractivity contribution in [3.63, 3.8) is 0 Å². The van der Waals surface area contributed by atoms with Crippen molar-refractivity contribution in [3.8, 4) is 17.2 Å². The average molecular weight is 439 g/mol. The monoisotopic (exact) mass is 438 g/mol. The molecular formula is C27H34O5. The van der Waals surface area contributed by atoms with E-state index in [1.807, 2.05) is 27.7 Å². The van der Waals surface area contributed by atoms with Crippen molar-refractivity contribution in [2.45, 2.75) is 41.5 Å². The van der Waals surface area contributed by atoms with Crippen molar-refractivity contribution >= 4 is 17.5 Å². The van der Waals surface area contributed by atoms with Crippen LogP contribution in [0.4, 0.5) is 0 Å². The molecule has 5 heteroatoms. The zero-order valence-corrected chi connectivity index (χ0v) is 19.9.